The van der Waals surface area contributed by atoms with Crippen LogP contribution in [0.2, 0.25) is 0 Å². The van der Waals surface area contributed by atoms with Crippen LogP contribution in [0.1, 0.15) is 11.1 Å². The molecule has 6 rings (SSSR count). The van der Waals surface area contributed by atoms with Crippen molar-refractivity contribution in [1.82, 2.24) is 0 Å². The number of nitrogen functional groups attached to an aromatic ring is 2. The second-order valence-electron chi connectivity index (χ2n) is 10.5. The van der Waals surface area contributed by atoms with Gasteiger partial charge >= 0.3 is 0 Å². The van der Waals surface area contributed by atoms with Crippen molar-refractivity contribution in [2.24, 2.45) is 20.5 Å². The number of nitrogens with two attached hydrogens (primary N) is 2. The molecule has 0 fully saturated rings. The molecular weight excluding hydrogens is 653 g/mol. The van der Waals surface area contributed by atoms with E-state index in [-0.39, 0.29) is 22.5 Å². The number of anilines is 2. The Morgan fingerprint density at radius 2 is 0.854 bits per heavy atom. The Morgan fingerprint density at radius 3 is 1.23 bits per heavy atom. The van der Waals surface area contributed by atoms with Crippen LogP contribution in [0, 0.1) is 0 Å². The zero-order valence-corrected chi connectivity index (χ0v) is 26.4. The second kappa shape index (κ2) is 12.8. The molecule has 12 nitrogen and oxygen atoms in total. The molecule has 0 spiro atoms. The van der Waals surface area contributed by atoms with Gasteiger partial charge in [-0.1, -0.05) is 72.8 Å². The maximum Gasteiger partial charge on any atom is 0.125 e. The molecule has 0 unspecified atom stereocenters. The van der Waals surface area contributed by atoms with Crippen LogP contribution in [0.3, 0.4) is 0 Å². The Bertz CT molecular complexity index is 2370. The summed E-state index contributed by atoms with van der Waals surface area (Å²) in [4.78, 5) is -1.24. The van der Waals surface area contributed by atoms with Crippen molar-refractivity contribution in [3.8, 4) is 0 Å². The lowest BCUT2D eigenvalue weighted by Crippen LogP contribution is -2.02. The first-order chi connectivity index (χ1) is 22.9. The Kier molecular flexibility index (Phi) is 8.56. The monoisotopic (exact) mass is 676 g/mol. The summed E-state index contributed by atoms with van der Waals surface area (Å²) < 4.78 is 73.3. The van der Waals surface area contributed by atoms with Gasteiger partial charge < -0.3 is 20.6 Å². The van der Waals surface area contributed by atoms with E-state index >= 15 is 0 Å². The van der Waals surface area contributed by atoms with Crippen molar-refractivity contribution in [1.29, 1.82) is 0 Å². The lowest BCUT2D eigenvalue weighted by atomic mass is 10.1. The molecule has 0 atom stereocenters. The summed E-state index contributed by atoms with van der Waals surface area (Å²) in [6.07, 6.45) is 2.43. The Hall–Kier alpha value is -5.80. The van der Waals surface area contributed by atoms with E-state index in [4.69, 9.17) is 11.5 Å². The minimum absolute atomic E-state index is 0.0601. The molecular formula is C34H24N6O6S2-2. The summed E-state index contributed by atoms with van der Waals surface area (Å²) in [5.41, 5.74) is 14.2. The van der Waals surface area contributed by atoms with E-state index in [2.05, 4.69) is 20.5 Å². The fourth-order valence-corrected chi connectivity index (χ4v) is 6.45. The lowest BCUT2D eigenvalue weighted by molar-refractivity contribution is 0.460. The number of fused-ring (bicyclic) bond motifs is 2. The van der Waals surface area contributed by atoms with Crippen molar-refractivity contribution >= 4 is 88.1 Å². The molecule has 14 heteroatoms. The third-order valence-electron chi connectivity index (χ3n) is 7.39. The topological polar surface area (TPSA) is 216 Å². The molecule has 0 heterocycles. The number of rotatable bonds is 8. The molecule has 6 aromatic rings. The van der Waals surface area contributed by atoms with Gasteiger partial charge in [-0.05, 0) is 59.7 Å². The van der Waals surface area contributed by atoms with E-state index in [0.29, 0.717) is 22.7 Å². The average Bonchev–Trinajstić information content (AvgIpc) is 3.06. The van der Waals surface area contributed by atoms with Crippen LogP contribution >= 0.6 is 0 Å². The summed E-state index contributed by atoms with van der Waals surface area (Å²) in [7, 11) is -10.0. The van der Waals surface area contributed by atoms with Gasteiger partial charge in [-0.25, -0.2) is 16.8 Å². The minimum atomic E-state index is -5.02. The number of hydrogen-bond acceptors (Lipinski definition) is 12. The molecule has 48 heavy (non-hydrogen) atoms. The van der Waals surface area contributed by atoms with Crippen LogP contribution in [0.4, 0.5) is 34.1 Å². The quantitative estimate of drug-likeness (QED) is 0.0695. The Morgan fingerprint density at radius 1 is 0.479 bits per heavy atom. The van der Waals surface area contributed by atoms with Gasteiger partial charge in [-0.2, -0.15) is 10.2 Å². The molecule has 0 aliphatic heterocycles. The molecule has 0 aromatic heterocycles. The second-order valence-corrected chi connectivity index (χ2v) is 13.2. The maximum absolute atomic E-state index is 12.2. The largest absolute Gasteiger partial charge is 0.744 e. The van der Waals surface area contributed by atoms with E-state index in [0.717, 1.165) is 33.7 Å². The molecule has 0 aliphatic rings. The molecule has 6 aromatic carbocycles. The van der Waals surface area contributed by atoms with Gasteiger partial charge in [0.2, 0.25) is 0 Å². The molecule has 0 saturated carbocycles. The molecule has 0 amide bonds. The number of nitrogens with zero attached hydrogens (tertiary/aromatic N) is 4. The SMILES string of the molecule is Nc1ccc(N=Nc2ccc(C=Cc3ccc(N=Nc4ccc(N)c5ccccc45)cc3S(=O)(=O)[O-])c(S(=O)(=O)[O-])c2)c2ccccc12. The number of hydrogen-bond donors (Lipinski definition) is 2. The van der Waals surface area contributed by atoms with Crippen LogP contribution in [-0.4, -0.2) is 25.9 Å². The average molecular weight is 677 g/mol. The zero-order chi connectivity index (χ0) is 34.1. The van der Waals surface area contributed by atoms with Gasteiger partial charge in [0.1, 0.15) is 20.2 Å². The predicted octanol–water partition coefficient (Wildman–Crippen LogP) is 7.97. The highest BCUT2D eigenvalue weighted by Gasteiger charge is 2.12. The van der Waals surface area contributed by atoms with Crippen LogP contribution in [0.15, 0.2) is 139 Å². The van der Waals surface area contributed by atoms with Crippen molar-refractivity contribution in [3.05, 3.63) is 120 Å². The van der Waals surface area contributed by atoms with Crippen LogP contribution < -0.4 is 11.5 Å². The standard InChI is InChI=1S/C34H26N6O6S2/c35-29-15-17-31(27-7-3-1-5-25(27)29)39-37-23-13-11-21(33(19-23)47(41,42)43)9-10-22-12-14-24(20-34(22)48(44,45)46)38-40-32-18-16-30(36)26-6-2-4-8-28(26)32/h1-20H,35-36H2,(H,41,42,43)(H,44,45,46)/p-2. The lowest BCUT2D eigenvalue weighted by Gasteiger charge is -2.13. The van der Waals surface area contributed by atoms with Crippen LogP contribution in [0.5, 0.6) is 0 Å². The van der Waals surface area contributed by atoms with Gasteiger partial charge in [0.15, 0.2) is 0 Å². The first-order valence-corrected chi connectivity index (χ1v) is 17.0. The smallest absolute Gasteiger partial charge is 0.125 e. The van der Waals surface area contributed by atoms with Crippen LogP contribution in [0.25, 0.3) is 33.7 Å². The maximum atomic E-state index is 12.2. The van der Waals surface area contributed by atoms with E-state index < -0.39 is 30.0 Å². The van der Waals surface area contributed by atoms with E-state index in [1.165, 1.54) is 36.4 Å². The highest BCUT2D eigenvalue weighted by molar-refractivity contribution is 7.86. The number of azo groups is 2. The first kappa shape index (κ1) is 32.2. The molecule has 0 saturated heterocycles. The van der Waals surface area contributed by atoms with Crippen LogP contribution in [-0.2, 0) is 20.2 Å². The molecule has 0 bridgehead atoms. The van der Waals surface area contributed by atoms with Crippen molar-refractivity contribution < 1.29 is 25.9 Å². The fraction of sp³-hybridized carbons (Fsp3) is 0. The zero-order valence-electron chi connectivity index (χ0n) is 24.8. The van der Waals surface area contributed by atoms with Crippen molar-refractivity contribution in [3.63, 3.8) is 0 Å². The molecule has 4 N–H and O–H groups in total. The molecule has 240 valence electrons. The normalized spacial score (nSPS) is 12.6. The summed E-state index contributed by atoms with van der Waals surface area (Å²) in [6.45, 7) is 0. The Labute approximate surface area is 275 Å². The first-order valence-electron chi connectivity index (χ1n) is 14.1. The molecule has 0 aliphatic carbocycles. The summed E-state index contributed by atoms with van der Waals surface area (Å²) in [5.74, 6) is 0. The third kappa shape index (κ3) is 6.82. The highest BCUT2D eigenvalue weighted by atomic mass is 32.2. The molecule has 0 radical (unpaired) electrons. The van der Waals surface area contributed by atoms with E-state index in [9.17, 15) is 25.9 Å². The van der Waals surface area contributed by atoms with Gasteiger partial charge in [-0.15, -0.1) is 10.2 Å². The Balaban J connectivity index is 1.32. The predicted molar refractivity (Wildman–Crippen MR) is 183 cm³/mol. The van der Waals surface area contributed by atoms with Gasteiger partial charge in [0.05, 0.1) is 32.5 Å². The summed E-state index contributed by atoms with van der Waals surface area (Å²) in [6, 6.07) is 28.9. The fourth-order valence-electron chi connectivity index (χ4n) is 5.07. The third-order valence-corrected chi connectivity index (χ3v) is 9.18. The van der Waals surface area contributed by atoms with Gasteiger partial charge in [0.25, 0.3) is 0 Å². The van der Waals surface area contributed by atoms with Gasteiger partial charge in [-0.3, -0.25) is 0 Å². The van der Waals surface area contributed by atoms with E-state index in [1.54, 1.807) is 24.3 Å². The van der Waals surface area contributed by atoms with Gasteiger partial charge in [0, 0.05) is 32.9 Å². The summed E-state index contributed by atoms with van der Waals surface area (Å²) >= 11 is 0. The minimum Gasteiger partial charge on any atom is -0.744 e. The number of benzene rings is 6. The van der Waals surface area contributed by atoms with E-state index in [1.807, 2.05) is 48.5 Å². The van der Waals surface area contributed by atoms with Crippen molar-refractivity contribution in [2.45, 2.75) is 9.79 Å². The highest BCUT2D eigenvalue weighted by Crippen LogP contribution is 2.34. The van der Waals surface area contributed by atoms with Crippen molar-refractivity contribution in [2.75, 3.05) is 11.5 Å². The summed E-state index contributed by atoms with van der Waals surface area (Å²) in [5, 5.41) is 19.7.